The number of benzene rings is 2. The molecule has 6 heteroatoms. The van der Waals surface area contributed by atoms with Crippen LogP contribution in [0.25, 0.3) is 0 Å². The van der Waals surface area contributed by atoms with Crippen LogP contribution >= 0.6 is 0 Å². The highest BCUT2D eigenvalue weighted by atomic mass is 16.5. The molecule has 1 aliphatic rings. The number of carbonyl (C=O) groups is 2. The highest BCUT2D eigenvalue weighted by Crippen LogP contribution is 2.31. The van der Waals surface area contributed by atoms with Crippen LogP contribution in [0.5, 0.6) is 5.75 Å². The van der Waals surface area contributed by atoms with Crippen LogP contribution in [0.1, 0.15) is 49.8 Å². The van der Waals surface area contributed by atoms with Gasteiger partial charge in [0.2, 0.25) is 5.91 Å². The molecular formula is C23H29N3O3. The van der Waals surface area contributed by atoms with Crippen molar-refractivity contribution in [2.24, 2.45) is 0 Å². The molecule has 3 N–H and O–H groups in total. The first-order chi connectivity index (χ1) is 14.0. The van der Waals surface area contributed by atoms with E-state index in [1.165, 1.54) is 0 Å². The fraction of sp³-hybridized carbons (Fsp3) is 0.391. The van der Waals surface area contributed by atoms with Crippen LogP contribution in [0.4, 0.5) is 4.79 Å². The summed E-state index contributed by atoms with van der Waals surface area (Å²) < 4.78 is 5.41. The third kappa shape index (κ3) is 5.08. The van der Waals surface area contributed by atoms with Gasteiger partial charge >= 0.3 is 6.03 Å². The second kappa shape index (κ2) is 9.45. The summed E-state index contributed by atoms with van der Waals surface area (Å²) in [6.45, 7) is 2.34. The molecule has 2 aromatic rings. The Balaban J connectivity index is 1.64. The minimum absolute atomic E-state index is 0.150. The average Bonchev–Trinajstić information content (AvgIpc) is 3.22. The van der Waals surface area contributed by atoms with Gasteiger partial charge in [0.1, 0.15) is 11.3 Å². The molecule has 3 rings (SSSR count). The Bertz CT molecular complexity index is 832. The molecule has 0 spiro atoms. The number of carbonyl (C=O) groups excluding carboxylic acids is 2. The van der Waals surface area contributed by atoms with Gasteiger partial charge in [-0.25, -0.2) is 4.79 Å². The van der Waals surface area contributed by atoms with E-state index < -0.39 is 5.54 Å². The molecule has 0 bridgehead atoms. The lowest BCUT2D eigenvalue weighted by molar-refractivity contribution is -0.127. The third-order valence-corrected chi connectivity index (χ3v) is 5.49. The summed E-state index contributed by atoms with van der Waals surface area (Å²) in [4.78, 5) is 25.7. The summed E-state index contributed by atoms with van der Waals surface area (Å²) in [5, 5.41) is 8.88. The Labute approximate surface area is 172 Å². The molecule has 1 aliphatic carbocycles. The van der Waals surface area contributed by atoms with Crippen molar-refractivity contribution in [1.29, 1.82) is 0 Å². The van der Waals surface area contributed by atoms with Crippen molar-refractivity contribution in [2.45, 2.75) is 50.7 Å². The van der Waals surface area contributed by atoms with Gasteiger partial charge in [-0.2, -0.15) is 0 Å². The lowest BCUT2D eigenvalue weighted by Crippen LogP contribution is -2.59. The number of para-hydroxylation sites is 1. The van der Waals surface area contributed by atoms with Gasteiger partial charge in [-0.05, 0) is 31.4 Å². The molecule has 1 fully saturated rings. The predicted octanol–water partition coefficient (Wildman–Crippen LogP) is 3.68. The quantitative estimate of drug-likeness (QED) is 0.669. The summed E-state index contributed by atoms with van der Waals surface area (Å²) in [7, 11) is 1.62. The molecule has 6 nitrogen and oxygen atoms in total. The van der Waals surface area contributed by atoms with Crippen LogP contribution in [-0.2, 0) is 11.3 Å². The molecule has 1 saturated carbocycles. The number of methoxy groups -OCH3 is 1. The summed E-state index contributed by atoms with van der Waals surface area (Å²) in [5.74, 6) is 0.581. The zero-order chi connectivity index (χ0) is 20.7. The van der Waals surface area contributed by atoms with Gasteiger partial charge in [0.25, 0.3) is 0 Å². The molecule has 2 aromatic carbocycles. The molecule has 0 saturated heterocycles. The number of ether oxygens (including phenoxy) is 1. The van der Waals surface area contributed by atoms with Gasteiger partial charge in [-0.15, -0.1) is 0 Å². The van der Waals surface area contributed by atoms with E-state index in [0.29, 0.717) is 19.4 Å². The standard InChI is InChI=1S/C23H29N3O3/c1-17(19-12-6-7-13-20(19)29-2)25-21(27)23(14-8-9-15-23)26-22(28)24-16-18-10-4-3-5-11-18/h3-7,10-13,17H,8-9,14-16H2,1-2H3,(H,25,27)(H2,24,26,28). The Morgan fingerprint density at radius 1 is 1.03 bits per heavy atom. The van der Waals surface area contributed by atoms with Crippen molar-refractivity contribution in [3.05, 3.63) is 65.7 Å². The van der Waals surface area contributed by atoms with Crippen LogP contribution in [-0.4, -0.2) is 24.6 Å². The number of amides is 3. The van der Waals surface area contributed by atoms with E-state index in [0.717, 1.165) is 29.7 Å². The number of hydrogen-bond acceptors (Lipinski definition) is 3. The van der Waals surface area contributed by atoms with Gasteiger partial charge in [0.15, 0.2) is 0 Å². The highest BCUT2D eigenvalue weighted by molar-refractivity contribution is 5.91. The summed E-state index contributed by atoms with van der Waals surface area (Å²) >= 11 is 0. The van der Waals surface area contributed by atoms with E-state index in [4.69, 9.17) is 4.74 Å². The fourth-order valence-corrected chi connectivity index (χ4v) is 3.86. The first kappa shape index (κ1) is 20.7. The number of urea groups is 1. The molecule has 0 aliphatic heterocycles. The van der Waals surface area contributed by atoms with Crippen molar-refractivity contribution < 1.29 is 14.3 Å². The van der Waals surface area contributed by atoms with Gasteiger partial charge in [0, 0.05) is 12.1 Å². The number of rotatable bonds is 7. The zero-order valence-electron chi connectivity index (χ0n) is 17.0. The molecule has 3 amide bonds. The van der Waals surface area contributed by atoms with Crippen molar-refractivity contribution >= 4 is 11.9 Å². The molecular weight excluding hydrogens is 366 g/mol. The van der Waals surface area contributed by atoms with Gasteiger partial charge in [-0.1, -0.05) is 61.4 Å². The van der Waals surface area contributed by atoms with Crippen molar-refractivity contribution in [3.63, 3.8) is 0 Å². The minimum atomic E-state index is -0.878. The van der Waals surface area contributed by atoms with Crippen molar-refractivity contribution in [1.82, 2.24) is 16.0 Å². The Morgan fingerprint density at radius 2 is 1.69 bits per heavy atom. The van der Waals surface area contributed by atoms with Gasteiger partial charge < -0.3 is 20.7 Å². The van der Waals surface area contributed by atoms with E-state index in [1.807, 2.05) is 61.5 Å². The lowest BCUT2D eigenvalue weighted by atomic mass is 9.95. The fourth-order valence-electron chi connectivity index (χ4n) is 3.86. The SMILES string of the molecule is COc1ccccc1C(C)NC(=O)C1(NC(=O)NCc2ccccc2)CCCC1. The maximum absolute atomic E-state index is 13.2. The topological polar surface area (TPSA) is 79.5 Å². The Morgan fingerprint density at radius 3 is 2.38 bits per heavy atom. The molecule has 1 unspecified atom stereocenters. The molecule has 0 aromatic heterocycles. The van der Waals surface area contributed by atoms with Crippen LogP contribution in [0.15, 0.2) is 54.6 Å². The smallest absolute Gasteiger partial charge is 0.315 e. The first-order valence-electron chi connectivity index (χ1n) is 10.1. The summed E-state index contributed by atoms with van der Waals surface area (Å²) in [6.07, 6.45) is 3.09. The van der Waals surface area contributed by atoms with E-state index >= 15 is 0 Å². The van der Waals surface area contributed by atoms with Gasteiger partial charge in [-0.3, -0.25) is 4.79 Å². The van der Waals surface area contributed by atoms with Crippen LogP contribution in [0.2, 0.25) is 0 Å². The maximum atomic E-state index is 13.2. The Hall–Kier alpha value is -3.02. The normalized spacial score (nSPS) is 15.9. The second-order valence-corrected chi connectivity index (χ2v) is 7.52. The molecule has 29 heavy (non-hydrogen) atoms. The predicted molar refractivity (Wildman–Crippen MR) is 113 cm³/mol. The molecule has 154 valence electrons. The van der Waals surface area contributed by atoms with Crippen LogP contribution < -0.4 is 20.7 Å². The minimum Gasteiger partial charge on any atom is -0.496 e. The zero-order valence-corrected chi connectivity index (χ0v) is 17.0. The lowest BCUT2D eigenvalue weighted by Gasteiger charge is -2.31. The largest absolute Gasteiger partial charge is 0.496 e. The van der Waals surface area contributed by atoms with Gasteiger partial charge in [0.05, 0.1) is 13.2 Å². The number of hydrogen-bond donors (Lipinski definition) is 3. The summed E-state index contributed by atoms with van der Waals surface area (Å²) in [6, 6.07) is 16.8. The van der Waals surface area contributed by atoms with E-state index in [1.54, 1.807) is 7.11 Å². The third-order valence-electron chi connectivity index (χ3n) is 5.49. The van der Waals surface area contributed by atoms with Crippen molar-refractivity contribution in [3.8, 4) is 5.75 Å². The average molecular weight is 396 g/mol. The van der Waals surface area contributed by atoms with Crippen LogP contribution in [0, 0.1) is 0 Å². The van der Waals surface area contributed by atoms with Crippen molar-refractivity contribution in [2.75, 3.05) is 7.11 Å². The van der Waals surface area contributed by atoms with E-state index in [-0.39, 0.29) is 18.0 Å². The van der Waals surface area contributed by atoms with E-state index in [9.17, 15) is 9.59 Å². The maximum Gasteiger partial charge on any atom is 0.315 e. The molecule has 0 heterocycles. The molecule has 0 radical (unpaired) electrons. The monoisotopic (exact) mass is 395 g/mol. The Kier molecular flexibility index (Phi) is 6.75. The van der Waals surface area contributed by atoms with Crippen LogP contribution in [0.3, 0.4) is 0 Å². The molecule has 1 atom stereocenters. The first-order valence-corrected chi connectivity index (χ1v) is 10.1. The van der Waals surface area contributed by atoms with E-state index in [2.05, 4.69) is 16.0 Å². The highest BCUT2D eigenvalue weighted by Gasteiger charge is 2.43. The second-order valence-electron chi connectivity index (χ2n) is 7.52. The number of nitrogens with one attached hydrogen (secondary N) is 3. The summed E-state index contributed by atoms with van der Waals surface area (Å²) in [5.41, 5.74) is 1.04.